The largest absolute Gasteiger partial charge is 0.492 e. The Morgan fingerprint density at radius 2 is 1.68 bits per heavy atom. The molecule has 5 rings (SSSR count). The van der Waals surface area contributed by atoms with Crippen LogP contribution in [0.1, 0.15) is 15.9 Å². The minimum atomic E-state index is -0.518. The molecule has 3 N–H and O–H groups in total. The number of carbonyl (C=O) groups excluding carboxylic acids is 2. The number of aromatic amines is 1. The number of rotatable bonds is 10. The molecule has 0 bridgehead atoms. The van der Waals surface area contributed by atoms with Crippen LogP contribution in [0.25, 0.3) is 11.3 Å². The highest BCUT2D eigenvalue weighted by atomic mass is 16.6. The van der Waals surface area contributed by atoms with Crippen LogP contribution in [0.5, 0.6) is 11.5 Å². The van der Waals surface area contributed by atoms with Crippen molar-refractivity contribution in [2.75, 3.05) is 44.8 Å². The first-order valence-corrected chi connectivity index (χ1v) is 13.1. The van der Waals surface area contributed by atoms with Gasteiger partial charge in [0.2, 0.25) is 0 Å². The molecule has 0 atom stereocenters. The fraction of sp³-hybridized carbons (Fsp3) is 0.233. The smallest absolute Gasteiger partial charge is 0.412 e. The number of anilines is 1. The van der Waals surface area contributed by atoms with Crippen molar-refractivity contribution in [2.45, 2.75) is 6.54 Å². The normalized spacial score (nSPS) is 13.4. The molecule has 1 aliphatic heterocycles. The first-order chi connectivity index (χ1) is 19.6. The number of morpholine rings is 1. The predicted octanol–water partition coefficient (Wildman–Crippen LogP) is 4.33. The Labute approximate surface area is 232 Å². The second-order valence-corrected chi connectivity index (χ2v) is 9.20. The molecule has 4 aromatic rings. The van der Waals surface area contributed by atoms with Crippen molar-refractivity contribution in [2.24, 2.45) is 0 Å². The van der Waals surface area contributed by atoms with E-state index >= 15 is 0 Å². The Morgan fingerprint density at radius 3 is 2.42 bits per heavy atom. The van der Waals surface area contributed by atoms with Crippen molar-refractivity contribution in [3.8, 4) is 22.8 Å². The first kappa shape index (κ1) is 26.9. The average Bonchev–Trinajstić information content (AvgIpc) is 3.46. The molecule has 1 aliphatic rings. The van der Waals surface area contributed by atoms with E-state index < -0.39 is 6.09 Å². The molecule has 0 spiro atoms. The van der Waals surface area contributed by atoms with Crippen LogP contribution in [0.2, 0.25) is 0 Å². The Balaban J connectivity index is 1.07. The van der Waals surface area contributed by atoms with E-state index in [-0.39, 0.29) is 5.91 Å². The van der Waals surface area contributed by atoms with Gasteiger partial charge in [-0.15, -0.1) is 0 Å². The molecular formula is C30H31N5O5. The second kappa shape index (κ2) is 13.4. The molecule has 1 saturated heterocycles. The van der Waals surface area contributed by atoms with Crippen molar-refractivity contribution < 1.29 is 23.8 Å². The average molecular weight is 542 g/mol. The Morgan fingerprint density at radius 1 is 0.925 bits per heavy atom. The molecular weight excluding hydrogens is 510 g/mol. The molecule has 206 valence electrons. The van der Waals surface area contributed by atoms with E-state index in [9.17, 15) is 9.59 Å². The van der Waals surface area contributed by atoms with Gasteiger partial charge in [-0.1, -0.05) is 42.5 Å². The molecule has 10 nitrogen and oxygen atoms in total. The van der Waals surface area contributed by atoms with E-state index in [1.807, 2.05) is 30.3 Å². The molecule has 10 heteroatoms. The van der Waals surface area contributed by atoms with Gasteiger partial charge >= 0.3 is 6.09 Å². The molecule has 2 amide bonds. The van der Waals surface area contributed by atoms with Gasteiger partial charge in [-0.05, 0) is 47.5 Å². The van der Waals surface area contributed by atoms with Crippen molar-refractivity contribution >= 4 is 17.8 Å². The molecule has 2 heterocycles. The second-order valence-electron chi connectivity index (χ2n) is 9.20. The van der Waals surface area contributed by atoms with Gasteiger partial charge in [0.25, 0.3) is 5.91 Å². The van der Waals surface area contributed by atoms with E-state index in [4.69, 9.17) is 14.2 Å². The zero-order chi connectivity index (χ0) is 27.6. The predicted molar refractivity (Wildman–Crippen MR) is 150 cm³/mol. The third kappa shape index (κ3) is 7.68. The number of para-hydroxylation sites is 1. The minimum Gasteiger partial charge on any atom is -0.492 e. The van der Waals surface area contributed by atoms with Crippen LogP contribution >= 0.6 is 0 Å². The lowest BCUT2D eigenvalue weighted by molar-refractivity contribution is 0.0322. The number of amides is 2. The van der Waals surface area contributed by atoms with Crippen LogP contribution < -0.4 is 20.1 Å². The highest BCUT2D eigenvalue weighted by molar-refractivity contribution is 6.04. The number of ether oxygens (including phenoxy) is 3. The monoisotopic (exact) mass is 541 g/mol. The molecule has 0 aliphatic carbocycles. The summed E-state index contributed by atoms with van der Waals surface area (Å²) in [5.41, 5.74) is 3.06. The summed E-state index contributed by atoms with van der Waals surface area (Å²) >= 11 is 0. The standard InChI is InChI=1S/C30H31N5O5/c36-29(24-10-12-25(13-11-24)39-19-16-35-14-17-38-18-15-35)32-28-20-27(33-34-28)23-8-6-22(7-9-23)21-31-30(37)40-26-4-2-1-3-5-26/h1-13,20H,14-19,21H2,(H,31,37)(H2,32,33,34,36). The summed E-state index contributed by atoms with van der Waals surface area (Å²) in [6.45, 7) is 5.13. The van der Waals surface area contributed by atoms with Crippen LogP contribution in [-0.2, 0) is 11.3 Å². The molecule has 0 unspecified atom stereocenters. The summed E-state index contributed by atoms with van der Waals surface area (Å²) in [6, 6.07) is 25.3. The number of aromatic nitrogens is 2. The van der Waals surface area contributed by atoms with Gasteiger partial charge in [0.05, 0.1) is 18.9 Å². The van der Waals surface area contributed by atoms with E-state index in [0.29, 0.717) is 30.3 Å². The summed E-state index contributed by atoms with van der Waals surface area (Å²) in [5, 5.41) is 12.7. The van der Waals surface area contributed by atoms with Crippen LogP contribution in [-0.4, -0.2) is 66.6 Å². The number of hydrogen-bond acceptors (Lipinski definition) is 7. The van der Waals surface area contributed by atoms with Crippen molar-refractivity contribution in [3.05, 3.63) is 96.1 Å². The molecule has 1 aromatic heterocycles. The van der Waals surface area contributed by atoms with Gasteiger partial charge in [-0.2, -0.15) is 5.10 Å². The summed E-state index contributed by atoms with van der Waals surface area (Å²) in [6.07, 6.45) is -0.518. The number of benzene rings is 3. The van der Waals surface area contributed by atoms with E-state index in [2.05, 4.69) is 25.7 Å². The minimum absolute atomic E-state index is 0.262. The fourth-order valence-electron chi connectivity index (χ4n) is 4.15. The van der Waals surface area contributed by atoms with E-state index in [0.717, 1.165) is 55.4 Å². The lowest BCUT2D eigenvalue weighted by atomic mass is 10.1. The van der Waals surface area contributed by atoms with Gasteiger partial charge in [-0.3, -0.25) is 14.8 Å². The molecule has 1 fully saturated rings. The molecule has 3 aromatic carbocycles. The summed E-state index contributed by atoms with van der Waals surface area (Å²) in [4.78, 5) is 27.0. The van der Waals surface area contributed by atoms with E-state index in [1.54, 1.807) is 54.6 Å². The number of carbonyl (C=O) groups is 2. The molecule has 40 heavy (non-hydrogen) atoms. The maximum Gasteiger partial charge on any atom is 0.412 e. The SMILES string of the molecule is O=C(NCc1ccc(-c2cc(NC(=O)c3ccc(OCCN4CCOCC4)cc3)n[nH]2)cc1)Oc1ccccc1. The third-order valence-corrected chi connectivity index (χ3v) is 6.37. The van der Waals surface area contributed by atoms with Crippen molar-refractivity contribution in [3.63, 3.8) is 0 Å². The van der Waals surface area contributed by atoms with Gasteiger partial charge in [0.1, 0.15) is 18.1 Å². The first-order valence-electron chi connectivity index (χ1n) is 13.1. The Hall–Kier alpha value is -4.67. The lowest BCUT2D eigenvalue weighted by Crippen LogP contribution is -2.38. The van der Waals surface area contributed by atoms with Crippen LogP contribution in [0.15, 0.2) is 84.9 Å². The summed E-state index contributed by atoms with van der Waals surface area (Å²) in [5.74, 6) is 1.36. The van der Waals surface area contributed by atoms with E-state index in [1.165, 1.54) is 0 Å². The zero-order valence-electron chi connectivity index (χ0n) is 22.0. The van der Waals surface area contributed by atoms with Gasteiger partial charge < -0.3 is 24.8 Å². The van der Waals surface area contributed by atoms with Crippen LogP contribution in [0, 0.1) is 0 Å². The van der Waals surface area contributed by atoms with Gasteiger partial charge in [0, 0.05) is 37.8 Å². The number of hydrogen-bond donors (Lipinski definition) is 3. The van der Waals surface area contributed by atoms with Gasteiger partial charge in [0.15, 0.2) is 5.82 Å². The van der Waals surface area contributed by atoms with Crippen LogP contribution in [0.3, 0.4) is 0 Å². The zero-order valence-corrected chi connectivity index (χ0v) is 22.0. The highest BCUT2D eigenvalue weighted by Crippen LogP contribution is 2.21. The Kier molecular flexibility index (Phi) is 9.02. The Bertz CT molecular complexity index is 1380. The summed E-state index contributed by atoms with van der Waals surface area (Å²) in [7, 11) is 0. The number of nitrogens with zero attached hydrogens (tertiary/aromatic N) is 2. The van der Waals surface area contributed by atoms with Gasteiger partial charge in [-0.25, -0.2) is 4.79 Å². The maximum absolute atomic E-state index is 12.7. The number of H-pyrrole nitrogens is 1. The fourth-order valence-corrected chi connectivity index (χ4v) is 4.15. The maximum atomic E-state index is 12.7. The van der Waals surface area contributed by atoms with Crippen molar-refractivity contribution in [1.29, 1.82) is 0 Å². The quantitative estimate of drug-likeness (QED) is 0.274. The molecule has 0 saturated carbocycles. The summed E-state index contributed by atoms with van der Waals surface area (Å²) < 4.78 is 16.4. The lowest BCUT2D eigenvalue weighted by Gasteiger charge is -2.26. The number of nitrogens with one attached hydrogen (secondary N) is 3. The third-order valence-electron chi connectivity index (χ3n) is 6.37. The highest BCUT2D eigenvalue weighted by Gasteiger charge is 2.12. The molecule has 0 radical (unpaired) electrons. The topological polar surface area (TPSA) is 118 Å². The van der Waals surface area contributed by atoms with Crippen LogP contribution in [0.4, 0.5) is 10.6 Å². The van der Waals surface area contributed by atoms with Crippen molar-refractivity contribution in [1.82, 2.24) is 20.4 Å².